The van der Waals surface area contributed by atoms with Crippen LogP contribution in [0, 0.1) is 5.92 Å². The molecule has 2 saturated heterocycles. The van der Waals surface area contributed by atoms with Gasteiger partial charge in [0.25, 0.3) is 0 Å². The van der Waals surface area contributed by atoms with Gasteiger partial charge in [-0.3, -0.25) is 9.69 Å². The van der Waals surface area contributed by atoms with Crippen LogP contribution in [0.4, 0.5) is 0 Å². The molecule has 0 spiro atoms. The third kappa shape index (κ3) is 7.41. The molecule has 0 aromatic heterocycles. The lowest BCUT2D eigenvalue weighted by Gasteiger charge is -2.35. The molecule has 28 heavy (non-hydrogen) atoms. The fourth-order valence-electron chi connectivity index (χ4n) is 3.77. The van der Waals surface area contributed by atoms with Crippen molar-refractivity contribution in [3.8, 4) is 5.75 Å². The number of morpholine rings is 1. The Morgan fingerprint density at radius 3 is 2.61 bits per heavy atom. The number of carbonyl (C=O) groups is 1. The normalized spacial score (nSPS) is 20.5. The highest BCUT2D eigenvalue weighted by atomic mass is 35.5. The number of hydrogen-bond acceptors (Lipinski definition) is 5. The van der Waals surface area contributed by atoms with Crippen LogP contribution in [-0.2, 0) is 9.53 Å². The van der Waals surface area contributed by atoms with Gasteiger partial charge in [-0.25, -0.2) is 0 Å². The summed E-state index contributed by atoms with van der Waals surface area (Å²) in [6.07, 6.45) is 2.78. The van der Waals surface area contributed by atoms with E-state index in [9.17, 15) is 4.79 Å². The molecule has 2 heterocycles. The van der Waals surface area contributed by atoms with Crippen LogP contribution in [0.1, 0.15) is 30.9 Å². The zero-order chi connectivity index (χ0) is 18.2. The van der Waals surface area contributed by atoms with E-state index in [1.165, 1.54) is 12.0 Å². The standard InChI is InChI=1S/C20H31N3O3.2ClH/c1-25-18-5-3-17(4-6-18)19(23-10-12-26-13-11-23)15-22-20(24)7-2-16-8-9-21-14-16;;/h3-6,16,19,21H,2,7-15H2,1H3,(H,22,24);2*1H. The molecule has 0 saturated carbocycles. The summed E-state index contributed by atoms with van der Waals surface area (Å²) in [6, 6.07) is 8.32. The summed E-state index contributed by atoms with van der Waals surface area (Å²) in [6.45, 7) is 6.04. The van der Waals surface area contributed by atoms with Crippen LogP contribution in [0.2, 0.25) is 0 Å². The Labute approximate surface area is 180 Å². The minimum absolute atomic E-state index is 0. The van der Waals surface area contributed by atoms with Crippen molar-refractivity contribution in [1.82, 2.24) is 15.5 Å². The molecule has 2 aliphatic heterocycles. The minimum atomic E-state index is 0. The molecule has 2 fully saturated rings. The van der Waals surface area contributed by atoms with Gasteiger partial charge >= 0.3 is 0 Å². The molecule has 2 N–H and O–H groups in total. The molecule has 3 rings (SSSR count). The second-order valence-corrected chi connectivity index (χ2v) is 7.14. The number of methoxy groups -OCH3 is 1. The first-order valence-electron chi connectivity index (χ1n) is 9.69. The Balaban J connectivity index is 0.00000196. The summed E-state index contributed by atoms with van der Waals surface area (Å²) >= 11 is 0. The Bertz CT molecular complexity index is 562. The lowest BCUT2D eigenvalue weighted by molar-refractivity contribution is -0.121. The average Bonchev–Trinajstić information content (AvgIpc) is 3.21. The summed E-state index contributed by atoms with van der Waals surface area (Å²) in [4.78, 5) is 14.7. The van der Waals surface area contributed by atoms with Crippen LogP contribution in [0.3, 0.4) is 0 Å². The summed E-state index contributed by atoms with van der Waals surface area (Å²) in [5.74, 6) is 1.66. The third-order valence-electron chi connectivity index (χ3n) is 5.42. The van der Waals surface area contributed by atoms with Crippen molar-refractivity contribution in [2.24, 2.45) is 5.92 Å². The Kier molecular flexibility index (Phi) is 11.8. The van der Waals surface area contributed by atoms with E-state index in [1.807, 2.05) is 12.1 Å². The molecule has 2 atom stereocenters. The van der Waals surface area contributed by atoms with Crippen LogP contribution in [0.5, 0.6) is 5.75 Å². The van der Waals surface area contributed by atoms with Crippen LogP contribution in [0.15, 0.2) is 24.3 Å². The monoisotopic (exact) mass is 433 g/mol. The average molecular weight is 434 g/mol. The van der Waals surface area contributed by atoms with Gasteiger partial charge in [-0.1, -0.05) is 12.1 Å². The highest BCUT2D eigenvalue weighted by Gasteiger charge is 2.23. The van der Waals surface area contributed by atoms with Gasteiger partial charge < -0.3 is 20.1 Å². The van der Waals surface area contributed by atoms with E-state index in [-0.39, 0.29) is 36.8 Å². The lowest BCUT2D eigenvalue weighted by Crippen LogP contribution is -2.43. The molecule has 1 amide bonds. The van der Waals surface area contributed by atoms with E-state index in [2.05, 4.69) is 27.7 Å². The van der Waals surface area contributed by atoms with Crippen LogP contribution >= 0.6 is 24.8 Å². The van der Waals surface area contributed by atoms with Crippen molar-refractivity contribution >= 4 is 30.7 Å². The first-order chi connectivity index (χ1) is 12.8. The first-order valence-corrected chi connectivity index (χ1v) is 9.69. The molecule has 160 valence electrons. The third-order valence-corrected chi connectivity index (χ3v) is 5.42. The number of benzene rings is 1. The maximum Gasteiger partial charge on any atom is 0.220 e. The van der Waals surface area contributed by atoms with E-state index < -0.39 is 0 Å². The van der Waals surface area contributed by atoms with Crippen molar-refractivity contribution in [2.75, 3.05) is 53.0 Å². The molecule has 2 aliphatic rings. The summed E-state index contributed by atoms with van der Waals surface area (Å²) < 4.78 is 10.8. The fraction of sp³-hybridized carbons (Fsp3) is 0.650. The number of ether oxygens (including phenoxy) is 2. The predicted octanol–water partition coefficient (Wildman–Crippen LogP) is 2.42. The molecule has 1 aromatic rings. The highest BCUT2D eigenvalue weighted by molar-refractivity contribution is 5.85. The summed E-state index contributed by atoms with van der Waals surface area (Å²) in [5, 5.41) is 6.52. The lowest BCUT2D eigenvalue weighted by atomic mass is 10.0. The molecule has 1 aromatic carbocycles. The number of amides is 1. The van der Waals surface area contributed by atoms with Crippen molar-refractivity contribution in [3.63, 3.8) is 0 Å². The molecular weight excluding hydrogens is 401 g/mol. The molecule has 8 heteroatoms. The van der Waals surface area contributed by atoms with Crippen LogP contribution < -0.4 is 15.4 Å². The van der Waals surface area contributed by atoms with E-state index >= 15 is 0 Å². The Morgan fingerprint density at radius 1 is 1.29 bits per heavy atom. The largest absolute Gasteiger partial charge is 0.497 e. The quantitative estimate of drug-likeness (QED) is 0.658. The van der Waals surface area contributed by atoms with Gasteiger partial charge in [0, 0.05) is 26.1 Å². The smallest absolute Gasteiger partial charge is 0.220 e. The molecule has 0 aliphatic carbocycles. The Hall–Kier alpha value is -1.05. The molecule has 2 unspecified atom stereocenters. The summed E-state index contributed by atoms with van der Waals surface area (Å²) in [5.41, 5.74) is 1.20. The Morgan fingerprint density at radius 2 is 2.00 bits per heavy atom. The highest BCUT2D eigenvalue weighted by Crippen LogP contribution is 2.24. The number of halogens is 2. The molecule has 6 nitrogen and oxygen atoms in total. The van der Waals surface area contributed by atoms with Gasteiger partial charge in [0.1, 0.15) is 5.75 Å². The van der Waals surface area contributed by atoms with Gasteiger partial charge in [0.15, 0.2) is 0 Å². The predicted molar refractivity (Wildman–Crippen MR) is 116 cm³/mol. The van der Waals surface area contributed by atoms with E-state index in [4.69, 9.17) is 9.47 Å². The topological polar surface area (TPSA) is 62.8 Å². The van der Waals surface area contributed by atoms with Gasteiger partial charge in [0.05, 0.1) is 26.4 Å². The van der Waals surface area contributed by atoms with E-state index in [1.54, 1.807) is 7.11 Å². The number of nitrogens with zero attached hydrogens (tertiary/aromatic N) is 1. The molecular formula is C20H33Cl2N3O3. The van der Waals surface area contributed by atoms with Crippen LogP contribution in [-0.4, -0.2) is 63.9 Å². The SMILES string of the molecule is COc1ccc(C(CNC(=O)CCC2CCNC2)N2CCOCC2)cc1.Cl.Cl. The van der Waals surface area contributed by atoms with E-state index in [0.717, 1.165) is 51.6 Å². The van der Waals surface area contributed by atoms with Gasteiger partial charge in [-0.15, -0.1) is 24.8 Å². The maximum atomic E-state index is 12.3. The maximum absolute atomic E-state index is 12.3. The second-order valence-electron chi connectivity index (χ2n) is 7.14. The van der Waals surface area contributed by atoms with Gasteiger partial charge in [-0.2, -0.15) is 0 Å². The van der Waals surface area contributed by atoms with Gasteiger partial charge in [-0.05, 0) is 49.5 Å². The van der Waals surface area contributed by atoms with Crippen LogP contribution in [0.25, 0.3) is 0 Å². The number of carbonyl (C=O) groups excluding carboxylic acids is 1. The number of nitrogens with one attached hydrogen (secondary N) is 2. The van der Waals surface area contributed by atoms with Crippen molar-refractivity contribution < 1.29 is 14.3 Å². The van der Waals surface area contributed by atoms with Crippen molar-refractivity contribution in [3.05, 3.63) is 29.8 Å². The zero-order valence-corrected chi connectivity index (χ0v) is 18.2. The minimum Gasteiger partial charge on any atom is -0.497 e. The number of rotatable bonds is 8. The van der Waals surface area contributed by atoms with Crippen molar-refractivity contribution in [2.45, 2.75) is 25.3 Å². The second kappa shape index (κ2) is 13.2. The van der Waals surface area contributed by atoms with Gasteiger partial charge in [0.2, 0.25) is 5.91 Å². The first kappa shape index (κ1) is 25.0. The molecule has 0 radical (unpaired) electrons. The van der Waals surface area contributed by atoms with E-state index in [0.29, 0.717) is 18.9 Å². The fourth-order valence-corrected chi connectivity index (χ4v) is 3.77. The van der Waals surface area contributed by atoms with Crippen molar-refractivity contribution in [1.29, 1.82) is 0 Å². The number of hydrogen-bond donors (Lipinski definition) is 2. The summed E-state index contributed by atoms with van der Waals surface area (Å²) in [7, 11) is 1.68. The zero-order valence-electron chi connectivity index (χ0n) is 16.5. The molecule has 0 bridgehead atoms.